The van der Waals surface area contributed by atoms with E-state index in [4.69, 9.17) is 16.3 Å². The van der Waals surface area contributed by atoms with Gasteiger partial charge in [0.25, 0.3) is 5.91 Å². The molecule has 1 heterocycles. The van der Waals surface area contributed by atoms with E-state index in [0.717, 1.165) is 24.9 Å². The summed E-state index contributed by atoms with van der Waals surface area (Å²) in [6.07, 6.45) is 17.8. The number of benzene rings is 2. The fraction of sp³-hybridized carbons (Fsp3) is 0.500. The van der Waals surface area contributed by atoms with E-state index < -0.39 is 0 Å². The maximum atomic E-state index is 13.1. The number of nitrogens with one attached hydrogen (secondary N) is 1. The SMILES string of the molecule is CCCCCCCCCCCCCCOc1c(Cl)cccc1NC(=O)c1cccc(C[n+]2csc(C)c2)c1.[Br-]. The minimum absolute atomic E-state index is 0. The average molecular weight is 636 g/mol. The zero-order valence-electron chi connectivity index (χ0n) is 23.5. The van der Waals surface area contributed by atoms with Crippen LogP contribution in [0.25, 0.3) is 0 Å². The summed E-state index contributed by atoms with van der Waals surface area (Å²) in [6, 6.07) is 13.2. The summed E-state index contributed by atoms with van der Waals surface area (Å²) in [5.41, 5.74) is 4.39. The van der Waals surface area contributed by atoms with Crippen molar-refractivity contribution in [2.24, 2.45) is 0 Å². The van der Waals surface area contributed by atoms with Crippen LogP contribution in [0.4, 0.5) is 5.69 Å². The molecular weight excluding hydrogens is 592 g/mol. The molecule has 1 N–H and O–H groups in total. The number of hydrogen-bond donors (Lipinski definition) is 1. The van der Waals surface area contributed by atoms with Crippen LogP contribution < -0.4 is 31.6 Å². The number of carbonyl (C=O) groups excluding carboxylic acids is 1. The number of hydrogen-bond acceptors (Lipinski definition) is 3. The van der Waals surface area contributed by atoms with Gasteiger partial charge in [-0.25, -0.2) is 0 Å². The molecule has 39 heavy (non-hydrogen) atoms. The summed E-state index contributed by atoms with van der Waals surface area (Å²) < 4.78 is 8.19. The summed E-state index contributed by atoms with van der Waals surface area (Å²) in [5, 5.41) is 3.52. The maximum Gasteiger partial charge on any atom is 0.255 e. The number of carbonyl (C=O) groups is 1. The number of aryl methyl sites for hydroxylation is 1. The van der Waals surface area contributed by atoms with E-state index in [1.807, 2.05) is 36.4 Å². The minimum Gasteiger partial charge on any atom is -1.00 e. The lowest BCUT2D eigenvalue weighted by atomic mass is 10.1. The second-order valence-corrected chi connectivity index (χ2v) is 11.6. The van der Waals surface area contributed by atoms with E-state index in [1.165, 1.54) is 69.1 Å². The summed E-state index contributed by atoms with van der Waals surface area (Å²) >= 11 is 8.16. The molecule has 0 unspecified atom stereocenters. The van der Waals surface area contributed by atoms with Gasteiger partial charge < -0.3 is 27.0 Å². The van der Waals surface area contributed by atoms with Crippen molar-refractivity contribution < 1.29 is 31.1 Å². The second-order valence-electron chi connectivity index (χ2n) is 10.1. The Labute approximate surface area is 254 Å². The normalized spacial score (nSPS) is 10.7. The molecule has 1 aromatic heterocycles. The Hall–Kier alpha value is -1.89. The van der Waals surface area contributed by atoms with Crippen LogP contribution in [0, 0.1) is 6.92 Å². The second kappa shape index (κ2) is 19.2. The molecule has 0 aliphatic carbocycles. The summed E-state index contributed by atoms with van der Waals surface area (Å²) in [5.74, 6) is 0.377. The molecule has 1 amide bonds. The number of amides is 1. The highest BCUT2D eigenvalue weighted by Gasteiger charge is 2.14. The Kier molecular flexibility index (Phi) is 16.4. The predicted molar refractivity (Wildman–Crippen MR) is 161 cm³/mol. The third-order valence-electron chi connectivity index (χ3n) is 6.74. The number of unbranched alkanes of at least 4 members (excludes halogenated alkanes) is 11. The van der Waals surface area contributed by atoms with Gasteiger partial charge in [-0.1, -0.05) is 119 Å². The Morgan fingerprint density at radius 1 is 0.923 bits per heavy atom. The highest BCUT2D eigenvalue weighted by Crippen LogP contribution is 2.33. The van der Waals surface area contributed by atoms with Gasteiger partial charge in [0.05, 0.1) is 22.2 Å². The fourth-order valence-electron chi connectivity index (χ4n) is 4.62. The Morgan fingerprint density at radius 2 is 1.56 bits per heavy atom. The molecule has 0 radical (unpaired) electrons. The zero-order chi connectivity index (χ0) is 27.0. The number of ether oxygens (including phenoxy) is 1. The number of rotatable bonds is 18. The van der Waals surface area contributed by atoms with Gasteiger partial charge in [-0.15, -0.1) is 0 Å². The molecule has 7 heteroatoms. The van der Waals surface area contributed by atoms with Gasteiger partial charge in [0.1, 0.15) is 0 Å². The molecule has 0 aliphatic rings. The van der Waals surface area contributed by atoms with Gasteiger partial charge in [0.2, 0.25) is 5.51 Å². The van der Waals surface area contributed by atoms with Crippen LogP contribution in [0.1, 0.15) is 105 Å². The van der Waals surface area contributed by atoms with Gasteiger partial charge in [0.15, 0.2) is 18.5 Å². The van der Waals surface area contributed by atoms with Crippen molar-refractivity contribution in [2.75, 3.05) is 11.9 Å². The van der Waals surface area contributed by atoms with Gasteiger partial charge in [-0.2, -0.15) is 4.57 Å². The monoisotopic (exact) mass is 634 g/mol. The molecule has 214 valence electrons. The predicted octanol–water partition coefficient (Wildman–Crippen LogP) is 6.38. The lowest BCUT2D eigenvalue weighted by molar-refractivity contribution is -0.683. The number of nitrogens with zero attached hydrogens (tertiary/aromatic N) is 1. The van der Waals surface area contributed by atoms with Crippen LogP contribution >= 0.6 is 22.9 Å². The number of anilines is 1. The van der Waals surface area contributed by atoms with Crippen molar-refractivity contribution >= 4 is 34.5 Å². The fourth-order valence-corrected chi connectivity index (χ4v) is 5.48. The number of para-hydroxylation sites is 1. The van der Waals surface area contributed by atoms with E-state index in [9.17, 15) is 4.79 Å². The first-order valence-electron chi connectivity index (χ1n) is 14.3. The molecule has 0 fully saturated rings. The van der Waals surface area contributed by atoms with Gasteiger partial charge in [-0.3, -0.25) is 4.79 Å². The molecule has 2 aromatic carbocycles. The van der Waals surface area contributed by atoms with Crippen molar-refractivity contribution in [3.63, 3.8) is 0 Å². The van der Waals surface area contributed by atoms with Crippen LogP contribution in [0.2, 0.25) is 5.02 Å². The number of halogens is 2. The number of aromatic nitrogens is 1. The third-order valence-corrected chi connectivity index (χ3v) is 7.89. The Balaban J connectivity index is 0.00000533. The molecule has 0 saturated carbocycles. The highest BCUT2D eigenvalue weighted by molar-refractivity contribution is 7.09. The van der Waals surface area contributed by atoms with Crippen molar-refractivity contribution in [3.05, 3.63) is 75.2 Å². The standard InChI is InChI=1S/C32H43ClN2O2S.BrH/c1-3-4-5-6-7-8-9-10-11-12-13-14-21-37-31-29(33)19-16-20-30(31)34-32(36)28-18-15-17-27(22-28)24-35-23-26(2)38-25-35;/h15-20,22-23,25H,3-14,21,24H2,1-2H3;1H. The Morgan fingerprint density at radius 3 is 2.21 bits per heavy atom. The molecule has 0 aliphatic heterocycles. The Bertz CT molecular complexity index is 1120. The molecule has 0 saturated heterocycles. The van der Waals surface area contributed by atoms with Crippen LogP contribution in [0.3, 0.4) is 0 Å². The van der Waals surface area contributed by atoms with Crippen LogP contribution in [0.5, 0.6) is 5.75 Å². The van der Waals surface area contributed by atoms with E-state index >= 15 is 0 Å². The zero-order valence-corrected chi connectivity index (χ0v) is 26.7. The molecule has 0 bridgehead atoms. The summed E-state index contributed by atoms with van der Waals surface area (Å²) in [7, 11) is 0. The molecule has 0 spiro atoms. The first-order chi connectivity index (χ1) is 18.6. The average Bonchev–Trinajstić information content (AvgIpc) is 3.32. The summed E-state index contributed by atoms with van der Waals surface area (Å²) in [4.78, 5) is 14.3. The van der Waals surface area contributed by atoms with Crippen LogP contribution in [-0.4, -0.2) is 12.5 Å². The lowest BCUT2D eigenvalue weighted by Crippen LogP contribution is -3.00. The number of thiazole rings is 1. The van der Waals surface area contributed by atoms with Crippen molar-refractivity contribution in [1.29, 1.82) is 0 Å². The topological polar surface area (TPSA) is 42.2 Å². The quantitative estimate of drug-likeness (QED) is 0.130. The first-order valence-corrected chi connectivity index (χ1v) is 15.6. The molecule has 4 nitrogen and oxygen atoms in total. The van der Waals surface area contributed by atoms with Crippen LogP contribution in [0.15, 0.2) is 54.2 Å². The van der Waals surface area contributed by atoms with E-state index in [1.54, 1.807) is 17.4 Å². The third kappa shape index (κ3) is 12.4. The molecule has 3 rings (SSSR count). The summed E-state index contributed by atoms with van der Waals surface area (Å²) in [6.45, 7) is 5.69. The largest absolute Gasteiger partial charge is 1.00 e. The van der Waals surface area contributed by atoms with Crippen molar-refractivity contribution in [2.45, 2.75) is 97.4 Å². The molecule has 0 atom stereocenters. The first kappa shape index (κ1) is 33.3. The highest BCUT2D eigenvalue weighted by atomic mass is 79.9. The van der Waals surface area contributed by atoms with Gasteiger partial charge >= 0.3 is 0 Å². The van der Waals surface area contributed by atoms with E-state index in [-0.39, 0.29) is 22.9 Å². The van der Waals surface area contributed by atoms with Gasteiger partial charge in [0, 0.05) is 11.1 Å². The van der Waals surface area contributed by atoms with Crippen LogP contribution in [-0.2, 0) is 6.54 Å². The van der Waals surface area contributed by atoms with Crippen molar-refractivity contribution in [1.82, 2.24) is 0 Å². The van der Waals surface area contributed by atoms with Gasteiger partial charge in [-0.05, 0) is 37.6 Å². The van der Waals surface area contributed by atoms with Crippen molar-refractivity contribution in [3.8, 4) is 5.75 Å². The minimum atomic E-state index is -0.171. The lowest BCUT2D eigenvalue weighted by Gasteiger charge is -2.14. The smallest absolute Gasteiger partial charge is 0.255 e. The van der Waals surface area contributed by atoms with E-state index in [0.29, 0.717) is 28.6 Å². The molecule has 3 aromatic rings. The molecular formula is C32H44BrClN2O2S. The maximum absolute atomic E-state index is 13.1. The van der Waals surface area contributed by atoms with E-state index in [2.05, 4.69) is 35.4 Å².